The van der Waals surface area contributed by atoms with Crippen molar-refractivity contribution < 1.29 is 19.1 Å². The largest absolute Gasteiger partial charge is 0.507 e. The van der Waals surface area contributed by atoms with E-state index in [9.17, 15) is 14.7 Å². The van der Waals surface area contributed by atoms with Gasteiger partial charge in [-0.05, 0) is 36.8 Å². The quantitative estimate of drug-likeness (QED) is 0.566. The number of aromatic hydroxyl groups is 1. The van der Waals surface area contributed by atoms with Crippen molar-refractivity contribution in [3.8, 4) is 5.75 Å². The molecular weight excluding hydrogens is 334 g/mol. The number of hydrogen-bond acceptors (Lipinski definition) is 5. The summed E-state index contributed by atoms with van der Waals surface area (Å²) in [5.74, 6) is -1.31. The number of fused-ring (bicyclic) bond motifs is 1. The normalized spacial score (nSPS) is 10.9. The number of hydrogen-bond donors (Lipinski definition) is 1. The highest BCUT2D eigenvalue weighted by Crippen LogP contribution is 2.22. The third kappa shape index (κ3) is 3.28. The number of halogens is 1. The second kappa shape index (κ2) is 6.80. The molecule has 0 radical (unpaired) electrons. The van der Waals surface area contributed by atoms with Crippen molar-refractivity contribution in [3.05, 3.63) is 63.6 Å². The van der Waals surface area contributed by atoms with Crippen LogP contribution in [0.25, 0.3) is 11.1 Å². The van der Waals surface area contributed by atoms with E-state index in [1.165, 1.54) is 22.8 Å². The number of carbonyl (C=O) groups excluding carboxylic acids is 1. The van der Waals surface area contributed by atoms with Gasteiger partial charge in [0.15, 0.2) is 5.58 Å². The Morgan fingerprint density at radius 3 is 2.88 bits per heavy atom. The summed E-state index contributed by atoms with van der Waals surface area (Å²) in [6, 6.07) is 11.3. The molecular formula is C17H14ClNO5. The summed E-state index contributed by atoms with van der Waals surface area (Å²) in [4.78, 5) is 23.7. The minimum Gasteiger partial charge on any atom is -0.507 e. The Balaban J connectivity index is 1.61. The zero-order valence-corrected chi connectivity index (χ0v) is 13.3. The fraction of sp³-hybridized carbons (Fsp3) is 0.176. The lowest BCUT2D eigenvalue weighted by molar-refractivity contribution is 0.0492. The van der Waals surface area contributed by atoms with Crippen LogP contribution in [-0.4, -0.2) is 22.2 Å². The first kappa shape index (κ1) is 16.1. The van der Waals surface area contributed by atoms with E-state index >= 15 is 0 Å². The number of para-hydroxylation sites is 2. The number of carbonyl (C=O) groups is 1. The molecule has 24 heavy (non-hydrogen) atoms. The molecule has 124 valence electrons. The second-order valence-electron chi connectivity index (χ2n) is 5.14. The maximum atomic E-state index is 11.9. The Labute approximate surface area is 141 Å². The lowest BCUT2D eigenvalue weighted by Crippen LogP contribution is -2.16. The summed E-state index contributed by atoms with van der Waals surface area (Å²) >= 11 is 5.80. The zero-order chi connectivity index (χ0) is 17.1. The molecule has 0 aliphatic heterocycles. The van der Waals surface area contributed by atoms with Crippen LogP contribution in [0.1, 0.15) is 16.8 Å². The predicted octanol–water partition coefficient (Wildman–Crippen LogP) is 3.20. The lowest BCUT2D eigenvalue weighted by Gasteiger charge is -2.07. The number of ether oxygens (including phenoxy) is 1. The van der Waals surface area contributed by atoms with Gasteiger partial charge in [0.2, 0.25) is 0 Å². The highest BCUT2D eigenvalue weighted by molar-refractivity contribution is 6.31. The van der Waals surface area contributed by atoms with E-state index in [-0.39, 0.29) is 17.9 Å². The third-order valence-electron chi connectivity index (χ3n) is 3.51. The van der Waals surface area contributed by atoms with E-state index in [4.69, 9.17) is 20.8 Å². The van der Waals surface area contributed by atoms with E-state index in [0.29, 0.717) is 29.1 Å². The van der Waals surface area contributed by atoms with Crippen LogP contribution in [-0.2, 0) is 11.3 Å². The first-order valence-electron chi connectivity index (χ1n) is 7.30. The van der Waals surface area contributed by atoms with Crippen LogP contribution in [0.5, 0.6) is 5.75 Å². The second-order valence-corrected chi connectivity index (χ2v) is 5.57. The molecule has 0 spiro atoms. The van der Waals surface area contributed by atoms with Gasteiger partial charge in [-0.25, -0.2) is 9.59 Å². The summed E-state index contributed by atoms with van der Waals surface area (Å²) in [6.07, 6.45) is 0.427. The number of aromatic nitrogens is 1. The molecule has 2 aromatic carbocycles. The molecule has 0 unspecified atom stereocenters. The molecule has 1 aromatic heterocycles. The number of phenols is 1. The third-order valence-corrected chi connectivity index (χ3v) is 3.75. The molecule has 3 aromatic rings. The fourth-order valence-electron chi connectivity index (χ4n) is 2.36. The van der Waals surface area contributed by atoms with Gasteiger partial charge in [0, 0.05) is 11.6 Å². The Morgan fingerprint density at radius 2 is 2.04 bits per heavy atom. The highest BCUT2D eigenvalue weighted by Gasteiger charge is 2.13. The minimum absolute atomic E-state index is 0.00780. The topological polar surface area (TPSA) is 81.7 Å². The van der Waals surface area contributed by atoms with Crippen LogP contribution in [0.15, 0.2) is 51.7 Å². The van der Waals surface area contributed by atoms with E-state index in [2.05, 4.69) is 0 Å². The average Bonchev–Trinajstić information content (AvgIpc) is 2.89. The molecule has 0 saturated heterocycles. The fourth-order valence-corrected chi connectivity index (χ4v) is 2.53. The number of nitrogens with zero attached hydrogens (tertiary/aromatic N) is 1. The van der Waals surface area contributed by atoms with Crippen molar-refractivity contribution in [2.45, 2.75) is 13.0 Å². The molecule has 0 fully saturated rings. The van der Waals surface area contributed by atoms with Crippen LogP contribution in [0.4, 0.5) is 0 Å². The Kier molecular flexibility index (Phi) is 4.57. The highest BCUT2D eigenvalue weighted by atomic mass is 35.5. The summed E-state index contributed by atoms with van der Waals surface area (Å²) in [7, 11) is 0. The molecule has 1 heterocycles. The standard InChI is InChI=1S/C17H14ClNO5/c18-11-6-7-14(20)12(10-11)16(21)23-9-3-8-19-13-4-1-2-5-15(13)24-17(19)22/h1-2,4-7,10,20H,3,8-9H2. The van der Waals surface area contributed by atoms with E-state index in [0.717, 1.165) is 0 Å². The molecule has 6 nitrogen and oxygen atoms in total. The van der Waals surface area contributed by atoms with Gasteiger partial charge in [-0.1, -0.05) is 23.7 Å². The Hall–Kier alpha value is -2.73. The molecule has 0 saturated carbocycles. The molecule has 0 aliphatic carbocycles. The van der Waals surface area contributed by atoms with E-state index in [1.807, 2.05) is 6.07 Å². The predicted molar refractivity (Wildman–Crippen MR) is 88.5 cm³/mol. The summed E-state index contributed by atoms with van der Waals surface area (Å²) in [6.45, 7) is 0.446. The van der Waals surface area contributed by atoms with Gasteiger partial charge in [-0.15, -0.1) is 0 Å². The lowest BCUT2D eigenvalue weighted by atomic mass is 10.2. The Morgan fingerprint density at radius 1 is 1.25 bits per heavy atom. The summed E-state index contributed by atoms with van der Waals surface area (Å²) in [5.41, 5.74) is 1.22. The smallest absolute Gasteiger partial charge is 0.419 e. The molecule has 7 heteroatoms. The van der Waals surface area contributed by atoms with Crippen molar-refractivity contribution in [2.75, 3.05) is 6.61 Å². The Bertz CT molecular complexity index is 944. The summed E-state index contributed by atoms with van der Waals surface area (Å²) in [5, 5.41) is 9.98. The van der Waals surface area contributed by atoms with E-state index < -0.39 is 11.7 Å². The van der Waals surface area contributed by atoms with Crippen LogP contribution < -0.4 is 5.76 Å². The number of oxazole rings is 1. The number of aryl methyl sites for hydroxylation is 1. The van der Waals surface area contributed by atoms with Crippen LogP contribution in [0.2, 0.25) is 5.02 Å². The molecule has 0 atom stereocenters. The van der Waals surface area contributed by atoms with Crippen molar-refractivity contribution in [1.29, 1.82) is 0 Å². The zero-order valence-electron chi connectivity index (χ0n) is 12.6. The van der Waals surface area contributed by atoms with Crippen LogP contribution in [0, 0.1) is 0 Å². The van der Waals surface area contributed by atoms with Crippen molar-refractivity contribution >= 4 is 28.7 Å². The number of rotatable bonds is 5. The molecule has 0 aliphatic rings. The number of esters is 1. The van der Waals surface area contributed by atoms with Gasteiger partial charge in [0.1, 0.15) is 11.3 Å². The van der Waals surface area contributed by atoms with Crippen molar-refractivity contribution in [3.63, 3.8) is 0 Å². The molecule has 3 rings (SSSR count). The van der Waals surface area contributed by atoms with Gasteiger partial charge in [-0.3, -0.25) is 4.57 Å². The summed E-state index contributed by atoms with van der Waals surface area (Å²) < 4.78 is 11.7. The van der Waals surface area contributed by atoms with Crippen LogP contribution in [0.3, 0.4) is 0 Å². The first-order chi connectivity index (χ1) is 11.6. The number of phenolic OH excluding ortho intramolecular Hbond substituents is 1. The van der Waals surface area contributed by atoms with Crippen molar-refractivity contribution in [2.24, 2.45) is 0 Å². The minimum atomic E-state index is -0.667. The van der Waals surface area contributed by atoms with Gasteiger partial charge < -0.3 is 14.3 Å². The van der Waals surface area contributed by atoms with E-state index in [1.54, 1.807) is 18.2 Å². The first-order valence-corrected chi connectivity index (χ1v) is 7.68. The molecule has 0 bridgehead atoms. The SMILES string of the molecule is O=C(OCCCn1c(=O)oc2ccccc21)c1cc(Cl)ccc1O. The van der Waals surface area contributed by atoms with Gasteiger partial charge in [-0.2, -0.15) is 0 Å². The van der Waals surface area contributed by atoms with Crippen LogP contribution >= 0.6 is 11.6 Å². The average molecular weight is 348 g/mol. The van der Waals surface area contributed by atoms with Gasteiger partial charge in [0.25, 0.3) is 0 Å². The molecule has 0 amide bonds. The maximum Gasteiger partial charge on any atom is 0.419 e. The van der Waals surface area contributed by atoms with Crippen molar-refractivity contribution in [1.82, 2.24) is 4.57 Å². The maximum absolute atomic E-state index is 11.9. The van der Waals surface area contributed by atoms with Gasteiger partial charge in [0.05, 0.1) is 12.1 Å². The molecule has 1 N–H and O–H groups in total. The number of benzene rings is 2. The monoisotopic (exact) mass is 347 g/mol. The van der Waals surface area contributed by atoms with Gasteiger partial charge >= 0.3 is 11.7 Å².